The van der Waals surface area contributed by atoms with Gasteiger partial charge in [-0.2, -0.15) is 8.42 Å². The summed E-state index contributed by atoms with van der Waals surface area (Å²) in [5.74, 6) is -1.22. The van der Waals surface area contributed by atoms with Gasteiger partial charge in [-0.05, 0) is 127 Å². The van der Waals surface area contributed by atoms with E-state index < -0.39 is 109 Å². The molecule has 0 aliphatic rings. The number of nitrogens with zero attached hydrogens (tertiary/aromatic N) is 5. The first-order chi connectivity index (χ1) is 59.5. The summed E-state index contributed by atoms with van der Waals surface area (Å²) in [6, 6.07) is 71.7. The number of anilines is 1. The zero-order valence-corrected chi connectivity index (χ0v) is 73.4. The van der Waals surface area contributed by atoms with E-state index in [0.717, 1.165) is 65.1 Å². The highest BCUT2D eigenvalue weighted by Crippen LogP contribution is 2.33. The maximum absolute atomic E-state index is 13.8. The normalized spacial score (nSPS) is 12.8. The number of nitrogens with one attached hydrogen (secondary N) is 7. The van der Waals surface area contributed by atoms with Crippen molar-refractivity contribution in [3.63, 3.8) is 0 Å². The number of amides is 6. The molecule has 12 rings (SSSR count). The third-order valence-electron chi connectivity index (χ3n) is 18.3. The predicted octanol–water partition coefficient (Wildman–Crippen LogP) is 18.1. The number of carbonyl (C=O) groups is 6. The van der Waals surface area contributed by atoms with E-state index in [1.807, 2.05) is 203 Å². The van der Waals surface area contributed by atoms with Gasteiger partial charge in [-0.1, -0.05) is 218 Å². The van der Waals surface area contributed by atoms with Crippen LogP contribution >= 0.6 is 34.0 Å². The number of thiazole rings is 3. The van der Waals surface area contributed by atoms with Crippen molar-refractivity contribution in [3.8, 4) is 31.7 Å². The van der Waals surface area contributed by atoms with Crippen LogP contribution in [0.5, 0.6) is 0 Å². The summed E-state index contributed by atoms with van der Waals surface area (Å²) in [5, 5.41) is 47.7. The van der Waals surface area contributed by atoms with E-state index in [0.29, 0.717) is 36.3 Å². The SMILES string of the molecule is CC(C)(C)OC(=O)N[C@@H](Cc1ccccc1)C(=O)N[C@@H](Cc1ccc(NS(=O)(=O)O)cc1)c1csc(-c2ccccc2)n1.CC(C)(C)OC(=O)N[C@@H](Cc1ccccc1)C(=O)N[C@@H](Cc1ccc([N+](=O)[O-])cc1)c1csc(-c2ccccc2)n1.CC(C)(C)OC(=O)N[C@@H](Cc1ccccc1)C(=O)N[C@@H](Cc1ccc([N+](=O)[O-])cc1)c1csc(-c2ccccc2)n1. The van der Waals surface area contributed by atoms with E-state index >= 15 is 0 Å². The second-order valence-corrected chi connectivity index (χ2v) is 35.6. The minimum atomic E-state index is -4.41. The van der Waals surface area contributed by atoms with Gasteiger partial charge in [0.15, 0.2) is 0 Å². The second-order valence-electron chi connectivity index (χ2n) is 31.9. The highest BCUT2D eigenvalue weighted by molar-refractivity contribution is 7.87. The molecule has 9 aromatic carbocycles. The van der Waals surface area contributed by atoms with E-state index in [2.05, 4.69) is 31.9 Å². The minimum Gasteiger partial charge on any atom is -0.444 e. The number of carbonyl (C=O) groups excluding carboxylic acids is 6. The van der Waals surface area contributed by atoms with Crippen molar-refractivity contribution in [2.24, 2.45) is 0 Å². The minimum absolute atomic E-state index is 0.0150. The predicted molar refractivity (Wildman–Crippen MR) is 484 cm³/mol. The zero-order chi connectivity index (χ0) is 89.9. The molecule has 32 heteroatoms. The molecule has 0 radical (unpaired) electrons. The summed E-state index contributed by atoms with van der Waals surface area (Å²) < 4.78 is 49.8. The maximum Gasteiger partial charge on any atom is 0.408 e. The Morgan fingerprint density at radius 3 is 0.816 bits per heavy atom. The molecule has 28 nitrogen and oxygen atoms in total. The van der Waals surface area contributed by atoms with Crippen LogP contribution in [0.3, 0.4) is 0 Å². The lowest BCUT2D eigenvalue weighted by Gasteiger charge is -2.25. The number of hydrogen-bond acceptors (Lipinski definition) is 21. The standard InChI is InChI=1S/C31H34N4O6S2.2C31H32N4O5S/c1-31(2,3)41-30(37)34-26(19-21-10-6-4-7-11-21)28(36)32-25(18-22-14-16-24(17-15-22)35-43(38,39)40)27-20-42-29(33-27)23-12-8-5-9-13-23;2*1-31(2,3)40-30(37)34-26(19-21-10-6-4-7-11-21)28(36)32-25(18-22-14-16-24(17-15-22)35(38)39)27-20-41-29(33-27)23-12-8-5-9-13-23/h4-17,20,25-26,35H,18-19H2,1-3H3,(H,32,36)(H,34,37)(H,38,39,40);2*4-17,20,25-26H,18-19H2,1-3H3,(H,32,36)(H,34,37)/t3*25-,26-/m000/s1. The highest BCUT2D eigenvalue weighted by atomic mass is 32.2. The van der Waals surface area contributed by atoms with Gasteiger partial charge in [0.25, 0.3) is 11.4 Å². The van der Waals surface area contributed by atoms with Crippen molar-refractivity contribution in [1.29, 1.82) is 0 Å². The Kier molecular flexibility index (Phi) is 33.1. The van der Waals surface area contributed by atoms with Gasteiger partial charge in [-0.15, -0.1) is 34.0 Å². The molecule has 3 aromatic heterocycles. The van der Waals surface area contributed by atoms with Crippen molar-refractivity contribution < 1.29 is 65.8 Å². The average molecular weight is 1770 g/mol. The lowest BCUT2D eigenvalue weighted by molar-refractivity contribution is -0.385. The monoisotopic (exact) mass is 1770 g/mol. The van der Waals surface area contributed by atoms with Crippen LogP contribution in [0.4, 0.5) is 31.4 Å². The van der Waals surface area contributed by atoms with Crippen molar-refractivity contribution >= 4 is 97.4 Å². The Morgan fingerprint density at radius 1 is 0.352 bits per heavy atom. The summed E-state index contributed by atoms with van der Waals surface area (Å²) in [7, 11) is -4.41. The van der Waals surface area contributed by atoms with Crippen LogP contribution < -0.4 is 36.6 Å². The quantitative estimate of drug-likeness (QED) is 0.00866. The molecule has 0 fully saturated rings. The van der Waals surface area contributed by atoms with Gasteiger partial charge >= 0.3 is 28.6 Å². The topological polar surface area (TPSA) is 394 Å². The Morgan fingerprint density at radius 2 is 0.584 bits per heavy atom. The molecular formula is C93H98N12O16S4. The average Bonchev–Trinajstić information content (AvgIpc) is 1.83. The van der Waals surface area contributed by atoms with Gasteiger partial charge in [-0.25, -0.2) is 29.3 Å². The molecule has 0 unspecified atom stereocenters. The molecule has 12 aromatic rings. The molecule has 8 N–H and O–H groups in total. The van der Waals surface area contributed by atoms with Crippen molar-refractivity contribution in [3.05, 3.63) is 342 Å². The van der Waals surface area contributed by atoms with Crippen LogP contribution in [0.15, 0.2) is 271 Å². The van der Waals surface area contributed by atoms with Gasteiger partial charge < -0.3 is 46.1 Å². The number of alkyl carbamates (subject to hydrolysis) is 3. The zero-order valence-electron chi connectivity index (χ0n) is 70.1. The number of nitro groups is 2. The number of rotatable bonds is 31. The van der Waals surface area contributed by atoms with Crippen LogP contribution in [0.1, 0.15) is 131 Å². The van der Waals surface area contributed by atoms with Crippen molar-refractivity contribution in [1.82, 2.24) is 46.9 Å². The summed E-state index contributed by atoms with van der Waals surface area (Å²) >= 11 is 4.37. The molecule has 125 heavy (non-hydrogen) atoms. The van der Waals surface area contributed by atoms with Gasteiger partial charge in [0, 0.05) is 76.4 Å². The largest absolute Gasteiger partial charge is 0.444 e. The molecule has 650 valence electrons. The first kappa shape index (κ1) is 93.9. The van der Waals surface area contributed by atoms with E-state index in [9.17, 15) is 57.4 Å². The maximum atomic E-state index is 13.8. The van der Waals surface area contributed by atoms with Crippen LogP contribution in [0.2, 0.25) is 0 Å². The summed E-state index contributed by atoms with van der Waals surface area (Å²) in [6.45, 7) is 15.8. The molecule has 3 heterocycles. The first-order valence-corrected chi connectivity index (χ1v) is 43.9. The number of benzene rings is 9. The van der Waals surface area contributed by atoms with Gasteiger partial charge in [0.1, 0.15) is 50.0 Å². The number of aromatic nitrogens is 3. The highest BCUT2D eigenvalue weighted by Gasteiger charge is 2.33. The molecule has 0 saturated heterocycles. The van der Waals surface area contributed by atoms with E-state index in [-0.39, 0.29) is 36.3 Å². The lowest BCUT2D eigenvalue weighted by atomic mass is 10.0. The van der Waals surface area contributed by atoms with Crippen LogP contribution in [0.25, 0.3) is 31.7 Å². The first-order valence-electron chi connectivity index (χ1n) is 39.8. The van der Waals surface area contributed by atoms with Gasteiger partial charge in [0.2, 0.25) is 17.7 Å². The third kappa shape index (κ3) is 31.5. The molecule has 0 aliphatic carbocycles. The number of non-ortho nitro benzene ring substituents is 2. The number of hydrogen-bond donors (Lipinski definition) is 8. The molecule has 6 amide bonds. The fraction of sp³-hybridized carbons (Fsp3) is 0.258. The molecular weight excluding hydrogens is 1670 g/mol. The van der Waals surface area contributed by atoms with Crippen LogP contribution in [-0.2, 0) is 77.4 Å². The van der Waals surface area contributed by atoms with Gasteiger partial charge in [-0.3, -0.25) is 43.9 Å². The number of nitro benzene ring substituents is 2. The van der Waals surface area contributed by atoms with Crippen molar-refractivity contribution in [2.75, 3.05) is 4.72 Å². The Balaban J connectivity index is 0.000000196. The summed E-state index contributed by atoms with van der Waals surface area (Å²) in [4.78, 5) is 115. The second kappa shape index (κ2) is 44.1. The smallest absolute Gasteiger partial charge is 0.408 e. The molecule has 0 saturated carbocycles. The van der Waals surface area contributed by atoms with Gasteiger partial charge in [0.05, 0.1) is 50.7 Å². The lowest BCUT2D eigenvalue weighted by Crippen LogP contribution is -2.50. The molecule has 0 aliphatic heterocycles. The van der Waals surface area contributed by atoms with E-state index in [1.165, 1.54) is 70.4 Å². The Labute approximate surface area is 737 Å². The molecule has 6 atom stereocenters. The number of ether oxygens (including phenoxy) is 3. The Hall–Kier alpha value is -13.4. The van der Waals surface area contributed by atoms with Crippen LogP contribution in [0, 0.1) is 20.2 Å². The summed E-state index contributed by atoms with van der Waals surface area (Å²) in [6.07, 6.45) is -0.354. The van der Waals surface area contributed by atoms with Crippen molar-refractivity contribution in [2.45, 2.75) is 154 Å². The van der Waals surface area contributed by atoms with E-state index in [1.54, 1.807) is 98.7 Å². The molecule has 0 spiro atoms. The third-order valence-corrected chi connectivity index (χ3v) is 21.6. The van der Waals surface area contributed by atoms with E-state index in [4.69, 9.17) is 33.7 Å². The molecule has 0 bridgehead atoms. The van der Waals surface area contributed by atoms with Crippen LogP contribution in [-0.4, -0.2) is 109 Å². The summed E-state index contributed by atoms with van der Waals surface area (Å²) in [5.41, 5.74) is 7.69. The fourth-order valence-corrected chi connectivity index (χ4v) is 15.7. The fourth-order valence-electron chi connectivity index (χ4n) is 12.6. The Bertz CT molecular complexity index is 5440.